The second kappa shape index (κ2) is 8.56. The van der Waals surface area contributed by atoms with Gasteiger partial charge in [0.1, 0.15) is 5.82 Å². The summed E-state index contributed by atoms with van der Waals surface area (Å²) in [6, 6.07) is 13.1. The molecule has 1 heterocycles. The Morgan fingerprint density at radius 1 is 1.00 bits per heavy atom. The third-order valence-electron chi connectivity index (χ3n) is 4.18. The molecule has 26 heavy (non-hydrogen) atoms. The van der Waals surface area contributed by atoms with Crippen LogP contribution in [0.4, 0.5) is 4.39 Å². The molecule has 7 heteroatoms. The van der Waals surface area contributed by atoms with Crippen LogP contribution in [0.5, 0.6) is 0 Å². The fourth-order valence-electron chi connectivity index (χ4n) is 2.76. The molecule has 2 amide bonds. The van der Waals surface area contributed by atoms with Crippen molar-refractivity contribution in [2.45, 2.75) is 4.90 Å². The predicted octanol–water partition coefficient (Wildman–Crippen LogP) is 3.56. The average molecular weight is 393 g/mol. The van der Waals surface area contributed by atoms with Crippen LogP contribution >= 0.6 is 23.4 Å². The summed E-state index contributed by atoms with van der Waals surface area (Å²) < 4.78 is 13.3. The van der Waals surface area contributed by atoms with Crippen molar-refractivity contribution in [3.8, 4) is 0 Å². The van der Waals surface area contributed by atoms with Gasteiger partial charge in [-0.25, -0.2) is 4.39 Å². The minimum atomic E-state index is -0.429. The standard InChI is InChI=1S/C19H18ClFN2O2S/c20-16-6-1-2-7-17(16)26-13-18(24)22-8-10-23(11-9-22)19(25)14-4-3-5-15(21)12-14/h1-7,12H,8-11,13H2. The molecule has 0 radical (unpaired) electrons. The lowest BCUT2D eigenvalue weighted by molar-refractivity contribution is -0.129. The Labute approximate surface area is 160 Å². The van der Waals surface area contributed by atoms with Crippen LogP contribution in [-0.4, -0.2) is 53.5 Å². The monoisotopic (exact) mass is 392 g/mol. The molecule has 2 aromatic carbocycles. The summed E-state index contributed by atoms with van der Waals surface area (Å²) >= 11 is 7.51. The average Bonchev–Trinajstić information content (AvgIpc) is 2.66. The van der Waals surface area contributed by atoms with Crippen LogP contribution in [0.25, 0.3) is 0 Å². The van der Waals surface area contributed by atoms with Gasteiger partial charge in [-0.1, -0.05) is 29.8 Å². The number of piperazine rings is 1. The Kier molecular flexibility index (Phi) is 6.16. The van der Waals surface area contributed by atoms with Gasteiger partial charge in [0.05, 0.1) is 10.8 Å². The molecule has 0 spiro atoms. The lowest BCUT2D eigenvalue weighted by Crippen LogP contribution is -2.51. The Balaban J connectivity index is 1.51. The van der Waals surface area contributed by atoms with Gasteiger partial charge in [-0.15, -0.1) is 11.8 Å². The number of carbonyl (C=O) groups excluding carboxylic acids is 2. The van der Waals surface area contributed by atoms with Gasteiger partial charge < -0.3 is 9.80 Å². The van der Waals surface area contributed by atoms with Crippen LogP contribution in [-0.2, 0) is 4.79 Å². The predicted molar refractivity (Wildman–Crippen MR) is 101 cm³/mol. The second-order valence-corrected chi connectivity index (χ2v) is 7.33. The van der Waals surface area contributed by atoms with Crippen LogP contribution in [0.1, 0.15) is 10.4 Å². The van der Waals surface area contributed by atoms with E-state index in [1.807, 2.05) is 18.2 Å². The lowest BCUT2D eigenvalue weighted by atomic mass is 10.1. The molecule has 136 valence electrons. The molecule has 1 fully saturated rings. The maximum absolute atomic E-state index is 13.3. The fourth-order valence-corrected chi connectivity index (χ4v) is 3.90. The van der Waals surface area contributed by atoms with E-state index < -0.39 is 5.82 Å². The molecular formula is C19H18ClFN2O2S. The number of carbonyl (C=O) groups is 2. The summed E-state index contributed by atoms with van der Waals surface area (Å²) in [6.45, 7) is 1.83. The normalized spacial score (nSPS) is 14.4. The first-order chi connectivity index (χ1) is 12.5. The Hall–Kier alpha value is -2.05. The molecule has 0 unspecified atom stereocenters. The van der Waals surface area contributed by atoms with Crippen molar-refractivity contribution >= 4 is 35.2 Å². The molecule has 4 nitrogen and oxygen atoms in total. The lowest BCUT2D eigenvalue weighted by Gasteiger charge is -2.34. The van der Waals surface area contributed by atoms with Crippen molar-refractivity contribution in [2.24, 2.45) is 0 Å². The Morgan fingerprint density at radius 3 is 2.38 bits per heavy atom. The summed E-state index contributed by atoms with van der Waals surface area (Å²) in [5, 5.41) is 0.635. The van der Waals surface area contributed by atoms with Crippen LogP contribution in [0.3, 0.4) is 0 Å². The highest BCUT2D eigenvalue weighted by atomic mass is 35.5. The molecule has 1 aliphatic heterocycles. The maximum Gasteiger partial charge on any atom is 0.254 e. The molecule has 2 aromatic rings. The molecule has 1 saturated heterocycles. The van der Waals surface area contributed by atoms with E-state index in [0.29, 0.717) is 42.5 Å². The van der Waals surface area contributed by atoms with Crippen LogP contribution in [0, 0.1) is 5.82 Å². The fraction of sp³-hybridized carbons (Fsp3) is 0.263. The van der Waals surface area contributed by atoms with Gasteiger partial charge in [0.2, 0.25) is 5.91 Å². The summed E-state index contributed by atoms with van der Waals surface area (Å²) in [5.74, 6) is -0.308. The van der Waals surface area contributed by atoms with Crippen molar-refractivity contribution in [3.05, 3.63) is 64.9 Å². The molecule has 3 rings (SSSR count). The van der Waals surface area contributed by atoms with Crippen molar-refractivity contribution in [1.29, 1.82) is 0 Å². The second-order valence-electron chi connectivity index (χ2n) is 5.90. The summed E-state index contributed by atoms with van der Waals surface area (Å²) in [5.41, 5.74) is 0.332. The van der Waals surface area contributed by atoms with Gasteiger partial charge in [0.15, 0.2) is 0 Å². The molecular weight excluding hydrogens is 375 g/mol. The van der Waals surface area contributed by atoms with Gasteiger partial charge >= 0.3 is 0 Å². The van der Waals surface area contributed by atoms with Gasteiger partial charge in [0, 0.05) is 36.6 Å². The van der Waals surface area contributed by atoms with Gasteiger partial charge in [-0.3, -0.25) is 9.59 Å². The molecule has 0 atom stereocenters. The highest BCUT2D eigenvalue weighted by Crippen LogP contribution is 2.26. The topological polar surface area (TPSA) is 40.6 Å². The number of halogens is 2. The van der Waals surface area contributed by atoms with E-state index in [1.54, 1.807) is 21.9 Å². The quantitative estimate of drug-likeness (QED) is 0.747. The number of hydrogen-bond donors (Lipinski definition) is 0. The van der Waals surface area contributed by atoms with Crippen molar-refractivity contribution < 1.29 is 14.0 Å². The molecule has 0 N–H and O–H groups in total. The minimum absolute atomic E-state index is 0.0211. The van der Waals surface area contributed by atoms with Gasteiger partial charge in [0.25, 0.3) is 5.91 Å². The molecule has 0 bridgehead atoms. The molecule has 0 saturated carbocycles. The SMILES string of the molecule is O=C(CSc1ccccc1Cl)N1CCN(C(=O)c2cccc(F)c2)CC1. The molecule has 1 aliphatic rings. The summed E-state index contributed by atoms with van der Waals surface area (Å²) in [7, 11) is 0. The Bertz CT molecular complexity index is 810. The van der Waals surface area contributed by atoms with Crippen molar-refractivity contribution in [1.82, 2.24) is 9.80 Å². The van der Waals surface area contributed by atoms with Crippen molar-refractivity contribution in [2.75, 3.05) is 31.9 Å². The van der Waals surface area contributed by atoms with E-state index >= 15 is 0 Å². The van der Waals surface area contributed by atoms with E-state index in [1.165, 1.54) is 30.0 Å². The van der Waals surface area contributed by atoms with Gasteiger partial charge in [-0.05, 0) is 30.3 Å². The number of nitrogens with zero attached hydrogens (tertiary/aromatic N) is 2. The number of rotatable bonds is 4. The van der Waals surface area contributed by atoms with Crippen molar-refractivity contribution in [3.63, 3.8) is 0 Å². The van der Waals surface area contributed by atoms with Gasteiger partial charge in [-0.2, -0.15) is 0 Å². The third-order valence-corrected chi connectivity index (χ3v) is 5.68. The van der Waals surface area contributed by atoms with Crippen LogP contribution in [0.15, 0.2) is 53.4 Å². The number of thioether (sulfide) groups is 1. The highest BCUT2D eigenvalue weighted by Gasteiger charge is 2.25. The van der Waals surface area contributed by atoms with Crippen LogP contribution in [0.2, 0.25) is 5.02 Å². The first-order valence-corrected chi connectivity index (χ1v) is 9.61. The van der Waals surface area contributed by atoms with E-state index in [0.717, 1.165) is 4.90 Å². The smallest absolute Gasteiger partial charge is 0.254 e. The zero-order chi connectivity index (χ0) is 18.5. The number of benzene rings is 2. The Morgan fingerprint density at radius 2 is 1.69 bits per heavy atom. The molecule has 0 aliphatic carbocycles. The van der Waals surface area contributed by atoms with Crippen LogP contribution < -0.4 is 0 Å². The van der Waals surface area contributed by atoms with E-state index in [-0.39, 0.29) is 11.8 Å². The zero-order valence-corrected chi connectivity index (χ0v) is 15.6. The first kappa shape index (κ1) is 18.7. The van der Waals surface area contributed by atoms with E-state index in [4.69, 9.17) is 11.6 Å². The zero-order valence-electron chi connectivity index (χ0n) is 14.0. The van der Waals surface area contributed by atoms with E-state index in [2.05, 4.69) is 0 Å². The minimum Gasteiger partial charge on any atom is -0.338 e. The summed E-state index contributed by atoms with van der Waals surface area (Å²) in [4.78, 5) is 29.1. The maximum atomic E-state index is 13.3. The first-order valence-electron chi connectivity index (χ1n) is 8.24. The summed E-state index contributed by atoms with van der Waals surface area (Å²) in [6.07, 6.45) is 0. The third kappa shape index (κ3) is 4.56. The molecule has 0 aromatic heterocycles. The van der Waals surface area contributed by atoms with E-state index in [9.17, 15) is 14.0 Å². The highest BCUT2D eigenvalue weighted by molar-refractivity contribution is 8.00. The number of hydrogen-bond acceptors (Lipinski definition) is 3. The largest absolute Gasteiger partial charge is 0.338 e. The number of amides is 2.